The van der Waals surface area contributed by atoms with E-state index in [1.54, 1.807) is 0 Å². The van der Waals surface area contributed by atoms with Gasteiger partial charge in [-0.1, -0.05) is 32.4 Å². The van der Waals surface area contributed by atoms with Gasteiger partial charge in [-0.2, -0.15) is 0 Å². The van der Waals surface area contributed by atoms with Gasteiger partial charge in [0.2, 0.25) is 5.91 Å². The zero-order chi connectivity index (χ0) is 15.6. The molecule has 1 aliphatic rings. The second kappa shape index (κ2) is 6.27. The van der Waals surface area contributed by atoms with Crippen LogP contribution < -0.4 is 11.1 Å². The molecule has 1 saturated carbocycles. The van der Waals surface area contributed by atoms with Gasteiger partial charge in [-0.3, -0.25) is 4.79 Å². The molecule has 116 valence electrons. The SMILES string of the molecule is CC(C)(C)c1cc(Cl)ccc1NCC1CCC(C(N)=O)C1. The Morgan fingerprint density at radius 2 is 2.10 bits per heavy atom. The van der Waals surface area contributed by atoms with Crippen LogP contribution in [0.1, 0.15) is 45.6 Å². The summed E-state index contributed by atoms with van der Waals surface area (Å²) in [6.07, 6.45) is 2.90. The molecule has 0 aliphatic heterocycles. The van der Waals surface area contributed by atoms with Gasteiger partial charge in [0.25, 0.3) is 0 Å². The number of nitrogens with two attached hydrogens (primary N) is 1. The van der Waals surface area contributed by atoms with Crippen molar-refractivity contribution < 1.29 is 4.79 Å². The maximum Gasteiger partial charge on any atom is 0.220 e. The molecule has 0 aromatic heterocycles. The minimum Gasteiger partial charge on any atom is -0.385 e. The van der Waals surface area contributed by atoms with E-state index in [-0.39, 0.29) is 17.2 Å². The largest absolute Gasteiger partial charge is 0.385 e. The van der Waals surface area contributed by atoms with E-state index in [1.165, 1.54) is 5.56 Å². The molecule has 1 amide bonds. The van der Waals surface area contributed by atoms with Crippen molar-refractivity contribution in [3.63, 3.8) is 0 Å². The highest BCUT2D eigenvalue weighted by Gasteiger charge is 2.28. The van der Waals surface area contributed by atoms with E-state index in [0.717, 1.165) is 36.5 Å². The summed E-state index contributed by atoms with van der Waals surface area (Å²) in [4.78, 5) is 11.2. The molecule has 1 aromatic rings. The minimum absolute atomic E-state index is 0.0403. The molecule has 1 aromatic carbocycles. The van der Waals surface area contributed by atoms with Gasteiger partial charge >= 0.3 is 0 Å². The van der Waals surface area contributed by atoms with Crippen molar-refractivity contribution in [1.29, 1.82) is 0 Å². The van der Waals surface area contributed by atoms with Crippen LogP contribution in [0.2, 0.25) is 5.02 Å². The third kappa shape index (κ3) is 4.13. The van der Waals surface area contributed by atoms with E-state index >= 15 is 0 Å². The van der Waals surface area contributed by atoms with Gasteiger partial charge in [0.1, 0.15) is 0 Å². The highest BCUT2D eigenvalue weighted by molar-refractivity contribution is 6.30. The normalized spacial score (nSPS) is 22.3. The molecule has 1 aliphatic carbocycles. The maximum atomic E-state index is 11.2. The quantitative estimate of drug-likeness (QED) is 0.885. The van der Waals surface area contributed by atoms with Gasteiger partial charge in [-0.05, 0) is 54.4 Å². The molecule has 21 heavy (non-hydrogen) atoms. The molecule has 0 saturated heterocycles. The minimum atomic E-state index is -0.153. The zero-order valence-corrected chi connectivity index (χ0v) is 13.8. The molecule has 4 heteroatoms. The highest BCUT2D eigenvalue weighted by Crippen LogP contribution is 2.34. The first-order valence-electron chi connectivity index (χ1n) is 7.60. The summed E-state index contributed by atoms with van der Waals surface area (Å²) in [5.74, 6) is 0.425. The fraction of sp³-hybridized carbons (Fsp3) is 0.588. The van der Waals surface area contributed by atoms with Gasteiger partial charge < -0.3 is 11.1 Å². The molecule has 3 N–H and O–H groups in total. The lowest BCUT2D eigenvalue weighted by molar-refractivity contribution is -0.121. The monoisotopic (exact) mass is 308 g/mol. The van der Waals surface area contributed by atoms with Gasteiger partial charge in [-0.25, -0.2) is 0 Å². The molecule has 0 heterocycles. The standard InChI is InChI=1S/C17H25ClN2O/c1-17(2,3)14-9-13(18)6-7-15(14)20-10-11-4-5-12(8-11)16(19)21/h6-7,9,11-12,20H,4-5,8,10H2,1-3H3,(H2,19,21). The smallest absolute Gasteiger partial charge is 0.220 e. The van der Waals surface area contributed by atoms with Gasteiger partial charge in [-0.15, -0.1) is 0 Å². The van der Waals surface area contributed by atoms with Crippen LogP contribution in [-0.4, -0.2) is 12.5 Å². The van der Waals surface area contributed by atoms with Gasteiger partial charge in [0.05, 0.1) is 0 Å². The van der Waals surface area contributed by atoms with Crippen LogP contribution in [0.3, 0.4) is 0 Å². The van der Waals surface area contributed by atoms with Crippen molar-refractivity contribution >= 4 is 23.2 Å². The molecule has 0 bridgehead atoms. The lowest BCUT2D eigenvalue weighted by Crippen LogP contribution is -2.22. The fourth-order valence-electron chi connectivity index (χ4n) is 3.06. The third-order valence-electron chi connectivity index (χ3n) is 4.31. The number of nitrogens with one attached hydrogen (secondary N) is 1. The summed E-state index contributed by atoms with van der Waals surface area (Å²) in [6, 6.07) is 5.99. The Hall–Kier alpha value is -1.22. The number of amides is 1. The second-order valence-electron chi connectivity index (χ2n) is 7.10. The number of carbonyl (C=O) groups is 1. The predicted octanol–water partition coefficient (Wildman–Crippen LogP) is 3.95. The summed E-state index contributed by atoms with van der Waals surface area (Å²) in [7, 11) is 0. The van der Waals surface area contributed by atoms with Crippen molar-refractivity contribution in [2.45, 2.75) is 45.4 Å². The number of benzene rings is 1. The fourth-order valence-corrected chi connectivity index (χ4v) is 3.24. The van der Waals surface area contributed by atoms with E-state index in [0.29, 0.717) is 5.92 Å². The van der Waals surface area contributed by atoms with Crippen molar-refractivity contribution in [1.82, 2.24) is 0 Å². The number of halogens is 1. The number of hydrogen-bond donors (Lipinski definition) is 2. The first-order chi connectivity index (χ1) is 9.77. The average Bonchev–Trinajstić information content (AvgIpc) is 2.85. The lowest BCUT2D eigenvalue weighted by Gasteiger charge is -2.24. The summed E-state index contributed by atoms with van der Waals surface area (Å²) in [5.41, 5.74) is 7.79. The zero-order valence-electron chi connectivity index (χ0n) is 13.1. The van der Waals surface area contributed by atoms with Crippen LogP contribution in [0.15, 0.2) is 18.2 Å². The van der Waals surface area contributed by atoms with Crippen LogP contribution in [0.25, 0.3) is 0 Å². The topological polar surface area (TPSA) is 55.1 Å². The Morgan fingerprint density at radius 1 is 1.38 bits per heavy atom. The van der Waals surface area contributed by atoms with Crippen molar-refractivity contribution in [3.05, 3.63) is 28.8 Å². The number of anilines is 1. The van der Waals surface area contributed by atoms with Crippen molar-refractivity contribution in [2.24, 2.45) is 17.6 Å². The summed E-state index contributed by atoms with van der Waals surface area (Å²) in [6.45, 7) is 7.43. The van der Waals surface area contributed by atoms with Crippen molar-refractivity contribution in [2.75, 3.05) is 11.9 Å². The first kappa shape index (κ1) is 16.2. The number of primary amides is 1. The molecular formula is C17H25ClN2O. The van der Waals surface area contributed by atoms with Crippen LogP contribution in [0.4, 0.5) is 5.69 Å². The Morgan fingerprint density at radius 3 is 2.67 bits per heavy atom. The predicted molar refractivity (Wildman–Crippen MR) is 88.7 cm³/mol. The molecule has 3 nitrogen and oxygen atoms in total. The van der Waals surface area contributed by atoms with E-state index in [1.807, 2.05) is 18.2 Å². The molecule has 1 fully saturated rings. The third-order valence-corrected chi connectivity index (χ3v) is 4.55. The average molecular weight is 309 g/mol. The molecular weight excluding hydrogens is 284 g/mol. The number of hydrogen-bond acceptors (Lipinski definition) is 2. The Balaban J connectivity index is 2.03. The first-order valence-corrected chi connectivity index (χ1v) is 7.98. The Bertz CT molecular complexity index is 522. The molecule has 2 rings (SSSR count). The van der Waals surface area contributed by atoms with E-state index in [4.69, 9.17) is 17.3 Å². The lowest BCUT2D eigenvalue weighted by atomic mass is 9.85. The number of carbonyl (C=O) groups excluding carboxylic acids is 1. The van der Waals surface area contributed by atoms with E-state index in [9.17, 15) is 4.79 Å². The van der Waals surface area contributed by atoms with E-state index < -0.39 is 0 Å². The van der Waals surface area contributed by atoms with Crippen LogP contribution in [0, 0.1) is 11.8 Å². The van der Waals surface area contributed by atoms with E-state index in [2.05, 4.69) is 26.1 Å². The van der Waals surface area contributed by atoms with Crippen LogP contribution in [-0.2, 0) is 10.2 Å². The highest BCUT2D eigenvalue weighted by atomic mass is 35.5. The summed E-state index contributed by atoms with van der Waals surface area (Å²) < 4.78 is 0. The molecule has 0 spiro atoms. The molecule has 0 radical (unpaired) electrons. The van der Waals surface area contributed by atoms with Crippen molar-refractivity contribution in [3.8, 4) is 0 Å². The summed E-state index contributed by atoms with van der Waals surface area (Å²) >= 11 is 6.12. The van der Waals surface area contributed by atoms with Crippen LogP contribution >= 0.6 is 11.6 Å². The Labute approximate surface area is 132 Å². The van der Waals surface area contributed by atoms with Gasteiger partial charge in [0, 0.05) is 23.2 Å². The molecule has 2 unspecified atom stereocenters. The Kier molecular flexibility index (Phi) is 4.82. The summed E-state index contributed by atoms with van der Waals surface area (Å²) in [5, 5.41) is 4.30. The molecule has 2 atom stereocenters. The maximum absolute atomic E-state index is 11.2. The second-order valence-corrected chi connectivity index (χ2v) is 7.54. The van der Waals surface area contributed by atoms with Crippen LogP contribution in [0.5, 0.6) is 0 Å². The van der Waals surface area contributed by atoms with Gasteiger partial charge in [0.15, 0.2) is 0 Å². The number of rotatable bonds is 4.